The van der Waals surface area contributed by atoms with Gasteiger partial charge in [-0.05, 0) is 55.5 Å². The van der Waals surface area contributed by atoms with Crippen molar-refractivity contribution in [3.05, 3.63) is 52.4 Å². The Morgan fingerprint density at radius 2 is 1.90 bits per heavy atom. The fourth-order valence-corrected chi connectivity index (χ4v) is 4.56. The van der Waals surface area contributed by atoms with Crippen molar-refractivity contribution in [3.63, 3.8) is 0 Å². The Hall–Kier alpha value is -2.95. The highest BCUT2D eigenvalue weighted by molar-refractivity contribution is 5.94. The smallest absolute Gasteiger partial charge is 0.184 e. The van der Waals surface area contributed by atoms with Gasteiger partial charge in [-0.2, -0.15) is 0 Å². The molecule has 0 spiro atoms. The maximum absolute atomic E-state index is 10.8. The van der Waals surface area contributed by atoms with E-state index in [0.29, 0.717) is 23.2 Å². The van der Waals surface area contributed by atoms with E-state index in [1.807, 2.05) is 25.1 Å². The van der Waals surface area contributed by atoms with Crippen LogP contribution in [0.1, 0.15) is 60.2 Å². The average Bonchev–Trinajstić information content (AvgIpc) is 3.26. The molecule has 0 bridgehead atoms. The van der Waals surface area contributed by atoms with Crippen LogP contribution in [0.15, 0.2) is 38.9 Å². The molecule has 0 radical (unpaired) electrons. The van der Waals surface area contributed by atoms with Crippen molar-refractivity contribution >= 4 is 28.6 Å². The molecule has 3 heterocycles. The minimum absolute atomic E-state index is 0.168. The summed E-state index contributed by atoms with van der Waals surface area (Å²) in [7, 11) is 0. The van der Waals surface area contributed by atoms with Gasteiger partial charge in [0.05, 0.1) is 5.39 Å². The van der Waals surface area contributed by atoms with Crippen LogP contribution in [0.5, 0.6) is 5.75 Å². The van der Waals surface area contributed by atoms with E-state index in [2.05, 4.69) is 28.2 Å². The van der Waals surface area contributed by atoms with Gasteiger partial charge in [0.25, 0.3) is 0 Å². The fourth-order valence-electron chi connectivity index (χ4n) is 4.56. The molecule has 0 unspecified atom stereocenters. The average molecular weight is 387 g/mol. The van der Waals surface area contributed by atoms with E-state index < -0.39 is 0 Å². The first kappa shape index (κ1) is 18.1. The molecule has 5 rings (SSSR count). The summed E-state index contributed by atoms with van der Waals surface area (Å²) in [5, 5.41) is 20.0. The van der Waals surface area contributed by atoms with Gasteiger partial charge >= 0.3 is 0 Å². The highest BCUT2D eigenvalue weighted by Gasteiger charge is 2.22. The number of fused-ring (bicyclic) bond motifs is 2. The van der Waals surface area contributed by atoms with E-state index >= 15 is 0 Å². The summed E-state index contributed by atoms with van der Waals surface area (Å²) in [5.74, 6) is 1.91. The van der Waals surface area contributed by atoms with Gasteiger partial charge in [-0.15, -0.1) is 10.2 Å². The van der Waals surface area contributed by atoms with E-state index in [9.17, 15) is 5.11 Å². The third-order valence-electron chi connectivity index (χ3n) is 6.22. The SMILES string of the molecule is Cc1ccc2c(n1)N=NC2=Cc1oc2c(CC3CCCCC3)c(C)ccc2c1O. The third-order valence-corrected chi connectivity index (χ3v) is 6.22. The number of azo groups is 1. The lowest BCUT2D eigenvalue weighted by Crippen LogP contribution is -2.10. The summed E-state index contributed by atoms with van der Waals surface area (Å²) in [5.41, 5.74) is 5.67. The molecule has 2 aromatic heterocycles. The van der Waals surface area contributed by atoms with Crippen LogP contribution in [0, 0.1) is 19.8 Å². The fraction of sp³-hybridized carbons (Fsp3) is 0.375. The second-order valence-electron chi connectivity index (χ2n) is 8.31. The molecular weight excluding hydrogens is 362 g/mol. The Balaban J connectivity index is 1.56. The summed E-state index contributed by atoms with van der Waals surface area (Å²) in [6.45, 7) is 4.06. The number of hydrogen-bond donors (Lipinski definition) is 1. The zero-order valence-corrected chi connectivity index (χ0v) is 16.9. The molecule has 148 valence electrons. The van der Waals surface area contributed by atoms with Gasteiger partial charge in [0.1, 0.15) is 11.3 Å². The number of rotatable bonds is 3. The van der Waals surface area contributed by atoms with E-state index in [0.717, 1.165) is 28.6 Å². The molecule has 1 aromatic carbocycles. The van der Waals surface area contributed by atoms with Gasteiger partial charge in [-0.3, -0.25) is 0 Å². The summed E-state index contributed by atoms with van der Waals surface area (Å²) < 4.78 is 6.20. The minimum Gasteiger partial charge on any atom is -0.504 e. The zero-order chi connectivity index (χ0) is 20.0. The Bertz CT molecular complexity index is 1150. The maximum atomic E-state index is 10.8. The van der Waals surface area contributed by atoms with Gasteiger partial charge in [-0.25, -0.2) is 4.98 Å². The van der Waals surface area contributed by atoms with Crippen molar-refractivity contribution in [3.8, 4) is 5.75 Å². The zero-order valence-electron chi connectivity index (χ0n) is 16.9. The van der Waals surface area contributed by atoms with Gasteiger partial charge in [0.15, 0.2) is 17.3 Å². The number of aromatic hydroxyl groups is 1. The van der Waals surface area contributed by atoms with Crippen molar-refractivity contribution in [1.29, 1.82) is 0 Å². The quantitative estimate of drug-likeness (QED) is 0.533. The van der Waals surface area contributed by atoms with Crippen LogP contribution < -0.4 is 0 Å². The van der Waals surface area contributed by atoms with E-state index in [1.54, 1.807) is 6.08 Å². The number of nitrogens with zero attached hydrogens (tertiary/aromatic N) is 3. The third kappa shape index (κ3) is 3.24. The predicted octanol–water partition coefficient (Wildman–Crippen LogP) is 6.87. The highest BCUT2D eigenvalue weighted by Crippen LogP contribution is 2.41. The second kappa shape index (κ2) is 7.14. The summed E-state index contributed by atoms with van der Waals surface area (Å²) in [4.78, 5) is 4.41. The first-order valence-corrected chi connectivity index (χ1v) is 10.5. The first-order chi connectivity index (χ1) is 14.1. The lowest BCUT2D eigenvalue weighted by Gasteiger charge is -2.22. The molecule has 2 aliphatic rings. The summed E-state index contributed by atoms with van der Waals surface area (Å²) >= 11 is 0. The Labute approximate surface area is 170 Å². The van der Waals surface area contributed by atoms with Gasteiger partial charge in [0, 0.05) is 17.3 Å². The molecule has 1 aliphatic carbocycles. The Morgan fingerprint density at radius 3 is 2.72 bits per heavy atom. The maximum Gasteiger partial charge on any atom is 0.184 e. The largest absolute Gasteiger partial charge is 0.504 e. The van der Waals surface area contributed by atoms with Gasteiger partial charge in [0.2, 0.25) is 0 Å². The monoisotopic (exact) mass is 387 g/mol. The van der Waals surface area contributed by atoms with Crippen LogP contribution in [0.4, 0.5) is 5.82 Å². The number of aryl methyl sites for hydroxylation is 2. The van der Waals surface area contributed by atoms with Crippen molar-refractivity contribution in [2.45, 2.75) is 52.4 Å². The van der Waals surface area contributed by atoms with Crippen molar-refractivity contribution in [1.82, 2.24) is 4.98 Å². The lowest BCUT2D eigenvalue weighted by molar-refractivity contribution is 0.356. The van der Waals surface area contributed by atoms with Crippen molar-refractivity contribution in [2.75, 3.05) is 0 Å². The van der Waals surface area contributed by atoms with Crippen LogP contribution in [0.2, 0.25) is 0 Å². The van der Waals surface area contributed by atoms with Crippen LogP contribution >= 0.6 is 0 Å². The lowest BCUT2D eigenvalue weighted by atomic mass is 9.83. The molecule has 5 heteroatoms. The van der Waals surface area contributed by atoms with E-state index in [-0.39, 0.29) is 5.75 Å². The molecule has 1 fully saturated rings. The number of benzene rings is 1. The number of furan rings is 1. The van der Waals surface area contributed by atoms with Crippen LogP contribution in [0.25, 0.3) is 22.7 Å². The molecule has 0 saturated heterocycles. The van der Waals surface area contributed by atoms with E-state index in [4.69, 9.17) is 4.42 Å². The molecule has 29 heavy (non-hydrogen) atoms. The molecular formula is C24H25N3O2. The van der Waals surface area contributed by atoms with Crippen molar-refractivity contribution in [2.24, 2.45) is 16.1 Å². The highest BCUT2D eigenvalue weighted by atomic mass is 16.4. The summed E-state index contributed by atoms with van der Waals surface area (Å²) in [6.07, 6.45) is 9.32. The second-order valence-corrected chi connectivity index (χ2v) is 8.31. The number of aromatic nitrogens is 1. The van der Waals surface area contributed by atoms with Gasteiger partial charge < -0.3 is 9.52 Å². The predicted molar refractivity (Wildman–Crippen MR) is 114 cm³/mol. The number of hydrogen-bond acceptors (Lipinski definition) is 5. The van der Waals surface area contributed by atoms with Crippen molar-refractivity contribution < 1.29 is 9.52 Å². The minimum atomic E-state index is 0.168. The molecule has 1 N–H and O–H groups in total. The summed E-state index contributed by atoms with van der Waals surface area (Å²) in [6, 6.07) is 7.93. The molecule has 5 nitrogen and oxygen atoms in total. The van der Waals surface area contributed by atoms with Crippen LogP contribution in [-0.4, -0.2) is 10.1 Å². The Morgan fingerprint density at radius 1 is 1.07 bits per heavy atom. The van der Waals surface area contributed by atoms with Gasteiger partial charge in [-0.1, -0.05) is 38.2 Å². The molecule has 1 saturated carbocycles. The van der Waals surface area contributed by atoms with E-state index in [1.165, 1.54) is 43.2 Å². The number of pyridine rings is 1. The van der Waals surface area contributed by atoms with Crippen LogP contribution in [0.3, 0.4) is 0 Å². The first-order valence-electron chi connectivity index (χ1n) is 10.5. The molecule has 0 amide bonds. The molecule has 0 atom stereocenters. The standard InChI is InChI=1S/C24H25N3O2/c1-14-8-10-18-22(28)21(13-20-17-11-9-15(2)25-24(17)27-26-20)29-23(18)19(14)12-16-6-4-3-5-7-16/h8-11,13,16,28H,3-7,12H2,1-2H3. The normalized spacial score (nSPS) is 18.1. The topological polar surface area (TPSA) is 71.0 Å². The molecule has 3 aromatic rings. The molecule has 1 aliphatic heterocycles. The van der Waals surface area contributed by atoms with Crippen LogP contribution in [-0.2, 0) is 6.42 Å². The Kier molecular flexibility index (Phi) is 4.46.